The molecule has 6 nitrogen and oxygen atoms in total. The summed E-state index contributed by atoms with van der Waals surface area (Å²) in [6, 6.07) is 0. The van der Waals surface area contributed by atoms with Gasteiger partial charge in [-0.1, -0.05) is 51.4 Å². The molecule has 0 heterocycles. The summed E-state index contributed by atoms with van der Waals surface area (Å²) in [7, 11) is -8.33. The highest BCUT2D eigenvalue weighted by Crippen LogP contribution is 2.43. The molecule has 0 spiro atoms. The Bertz CT molecular complexity index is 698. The molecule has 0 aromatic carbocycles. The van der Waals surface area contributed by atoms with Gasteiger partial charge in [-0.3, -0.25) is 8.37 Å². The van der Waals surface area contributed by atoms with E-state index in [4.69, 9.17) is 8.37 Å². The molecule has 0 aliphatic heterocycles. The van der Waals surface area contributed by atoms with Crippen LogP contribution in [0.3, 0.4) is 0 Å². The molecule has 0 bridgehead atoms. The van der Waals surface area contributed by atoms with Gasteiger partial charge in [0.1, 0.15) is 0 Å². The lowest BCUT2D eigenvalue weighted by Gasteiger charge is -2.39. The summed E-state index contributed by atoms with van der Waals surface area (Å²) in [4.78, 5) is 0. The maximum Gasteiger partial charge on any atom is 0.284 e. The van der Waals surface area contributed by atoms with Crippen LogP contribution in [0.15, 0.2) is 0 Å². The Morgan fingerprint density at radius 3 is 1.31 bits per heavy atom. The summed E-state index contributed by atoms with van der Waals surface area (Å²) >= 11 is 0. The van der Waals surface area contributed by atoms with Crippen LogP contribution in [0.5, 0.6) is 0 Å². The average molecular weight is 449 g/mol. The van der Waals surface area contributed by atoms with Crippen LogP contribution in [0.2, 0.25) is 0 Å². The van der Waals surface area contributed by atoms with Crippen molar-refractivity contribution in [3.63, 3.8) is 0 Å². The van der Waals surface area contributed by atoms with Crippen molar-refractivity contribution < 1.29 is 25.2 Å². The van der Waals surface area contributed by atoms with Crippen molar-refractivity contribution in [2.45, 2.75) is 102 Å². The highest BCUT2D eigenvalue weighted by atomic mass is 32.3. The quantitative estimate of drug-likeness (QED) is 0.561. The fourth-order valence-electron chi connectivity index (χ4n) is 6.48. The van der Waals surface area contributed by atoms with Gasteiger partial charge >= 0.3 is 0 Å². The minimum absolute atomic E-state index is 0.382. The van der Waals surface area contributed by atoms with E-state index in [-0.39, 0.29) is 12.2 Å². The predicted molar refractivity (Wildman–Crippen MR) is 111 cm³/mol. The molecule has 4 aliphatic rings. The molecule has 0 N–H and O–H groups in total. The van der Waals surface area contributed by atoms with Crippen LogP contribution in [0.1, 0.15) is 89.9 Å². The van der Waals surface area contributed by atoms with Gasteiger partial charge in [0.25, 0.3) is 20.2 Å². The second kappa shape index (κ2) is 9.13. The Labute approximate surface area is 176 Å². The van der Waals surface area contributed by atoms with Gasteiger partial charge < -0.3 is 0 Å². The minimum atomic E-state index is -4.16. The van der Waals surface area contributed by atoms with Crippen LogP contribution in [0.25, 0.3) is 0 Å². The van der Waals surface area contributed by atoms with Gasteiger partial charge in [-0.2, -0.15) is 16.8 Å². The monoisotopic (exact) mass is 448 g/mol. The Morgan fingerprint density at radius 1 is 0.517 bits per heavy atom. The molecule has 6 unspecified atom stereocenters. The highest BCUT2D eigenvalue weighted by molar-refractivity contribution is 8.03. The fourth-order valence-corrected chi connectivity index (χ4v) is 9.52. The number of rotatable bonds is 6. The topological polar surface area (TPSA) is 86.7 Å². The first-order valence-electron chi connectivity index (χ1n) is 11.6. The molecule has 0 radical (unpaired) electrons. The van der Waals surface area contributed by atoms with E-state index in [2.05, 4.69) is 0 Å². The molecule has 0 amide bonds. The van der Waals surface area contributed by atoms with Crippen LogP contribution >= 0.6 is 0 Å². The van der Waals surface area contributed by atoms with E-state index in [0.29, 0.717) is 36.5 Å². The SMILES string of the molecule is O=S(=O)(CS(=O)(=O)OC1CCC2CCCCC2C1)OC1CCC2CCCCC2C1. The van der Waals surface area contributed by atoms with Crippen LogP contribution < -0.4 is 0 Å². The summed E-state index contributed by atoms with van der Waals surface area (Å²) in [6.07, 6.45) is 13.7. The zero-order chi connectivity index (χ0) is 20.5. The molecule has 6 atom stereocenters. The van der Waals surface area contributed by atoms with E-state index >= 15 is 0 Å². The third-order valence-electron chi connectivity index (χ3n) is 7.84. The zero-order valence-corrected chi connectivity index (χ0v) is 19.0. The van der Waals surface area contributed by atoms with E-state index in [0.717, 1.165) is 38.5 Å². The molecule has 0 saturated heterocycles. The molecule has 4 aliphatic carbocycles. The van der Waals surface area contributed by atoms with Crippen molar-refractivity contribution in [2.75, 3.05) is 5.08 Å². The molecule has 0 aromatic heterocycles. The lowest BCUT2D eigenvalue weighted by Crippen LogP contribution is -2.36. The highest BCUT2D eigenvalue weighted by Gasteiger charge is 2.38. The van der Waals surface area contributed by atoms with Gasteiger partial charge in [-0.15, -0.1) is 0 Å². The van der Waals surface area contributed by atoms with Gasteiger partial charge in [0.15, 0.2) is 0 Å². The summed E-state index contributed by atoms with van der Waals surface area (Å²) in [5.74, 6) is 2.43. The second-order valence-electron chi connectivity index (χ2n) is 9.91. The Balaban J connectivity index is 1.28. The summed E-state index contributed by atoms with van der Waals surface area (Å²) in [5.41, 5.74) is 0. The molecule has 4 fully saturated rings. The lowest BCUT2D eigenvalue weighted by atomic mass is 9.70. The largest absolute Gasteiger partial charge is 0.284 e. The van der Waals surface area contributed by atoms with Gasteiger partial charge in [0, 0.05) is 0 Å². The molecule has 4 saturated carbocycles. The first-order chi connectivity index (χ1) is 13.8. The van der Waals surface area contributed by atoms with Crippen molar-refractivity contribution in [2.24, 2.45) is 23.7 Å². The fraction of sp³-hybridized carbons (Fsp3) is 1.00. The molecule has 0 aromatic rings. The number of fused-ring (bicyclic) bond motifs is 2. The molecular formula is C21H36O6S2. The minimum Gasteiger partial charge on any atom is -0.266 e. The van der Waals surface area contributed by atoms with E-state index in [1.165, 1.54) is 38.5 Å². The summed E-state index contributed by atoms with van der Waals surface area (Å²) in [5, 5.41) is -1.06. The molecule has 8 heteroatoms. The van der Waals surface area contributed by atoms with E-state index in [9.17, 15) is 16.8 Å². The van der Waals surface area contributed by atoms with Crippen LogP contribution in [-0.4, -0.2) is 34.1 Å². The molecule has 4 rings (SSSR count). The van der Waals surface area contributed by atoms with Crippen molar-refractivity contribution in [1.29, 1.82) is 0 Å². The standard InChI is InChI=1S/C21H36O6S2/c22-28(23,26-20-11-9-16-5-1-3-7-18(16)13-20)15-29(24,25)27-21-12-10-17-6-2-4-8-19(17)14-21/h16-21H,1-15H2. The van der Waals surface area contributed by atoms with Crippen LogP contribution in [-0.2, 0) is 28.6 Å². The van der Waals surface area contributed by atoms with Crippen molar-refractivity contribution >= 4 is 20.2 Å². The third kappa shape index (κ3) is 5.95. The third-order valence-corrected chi connectivity index (χ3v) is 11.3. The van der Waals surface area contributed by atoms with Crippen molar-refractivity contribution in [1.82, 2.24) is 0 Å². The van der Waals surface area contributed by atoms with Crippen LogP contribution in [0, 0.1) is 23.7 Å². The van der Waals surface area contributed by atoms with E-state index < -0.39 is 25.3 Å². The first kappa shape index (κ1) is 22.0. The zero-order valence-electron chi connectivity index (χ0n) is 17.3. The Kier molecular flexibility index (Phi) is 6.93. The number of hydrogen-bond acceptors (Lipinski definition) is 6. The normalized spacial score (nSPS) is 38.8. The summed E-state index contributed by atoms with van der Waals surface area (Å²) in [6.45, 7) is 0. The van der Waals surface area contributed by atoms with Gasteiger partial charge in [0.2, 0.25) is 5.08 Å². The molecule has 168 valence electrons. The lowest BCUT2D eigenvalue weighted by molar-refractivity contribution is 0.0668. The number of hydrogen-bond donors (Lipinski definition) is 0. The Hall–Kier alpha value is -0.180. The Morgan fingerprint density at radius 2 is 0.897 bits per heavy atom. The van der Waals surface area contributed by atoms with Crippen LogP contribution in [0.4, 0.5) is 0 Å². The van der Waals surface area contributed by atoms with Gasteiger partial charge in [0.05, 0.1) is 12.2 Å². The predicted octanol–water partition coefficient (Wildman–Crippen LogP) is 4.35. The maximum absolute atomic E-state index is 12.5. The van der Waals surface area contributed by atoms with E-state index in [1.807, 2.05) is 0 Å². The van der Waals surface area contributed by atoms with Crippen molar-refractivity contribution in [3.8, 4) is 0 Å². The van der Waals surface area contributed by atoms with Crippen molar-refractivity contribution in [3.05, 3.63) is 0 Å². The maximum atomic E-state index is 12.5. The molecule has 29 heavy (non-hydrogen) atoms. The second-order valence-corrected chi connectivity index (χ2v) is 13.5. The van der Waals surface area contributed by atoms with E-state index in [1.54, 1.807) is 0 Å². The smallest absolute Gasteiger partial charge is 0.266 e. The first-order valence-corrected chi connectivity index (χ1v) is 14.8. The summed E-state index contributed by atoms with van der Waals surface area (Å²) < 4.78 is 60.6. The average Bonchev–Trinajstić information content (AvgIpc) is 2.66. The molecular weight excluding hydrogens is 412 g/mol. The van der Waals surface area contributed by atoms with Gasteiger partial charge in [-0.05, 0) is 62.2 Å². The van der Waals surface area contributed by atoms with Gasteiger partial charge in [-0.25, -0.2) is 0 Å².